The highest BCUT2D eigenvalue weighted by atomic mass is 16.2. The van der Waals surface area contributed by atoms with E-state index in [1.165, 1.54) is 12.8 Å². The molecule has 1 amide bonds. The molecule has 1 aliphatic carbocycles. The Morgan fingerprint density at radius 3 is 2.80 bits per heavy atom. The number of rotatable bonds is 5. The quantitative estimate of drug-likeness (QED) is 0.823. The van der Waals surface area contributed by atoms with Crippen LogP contribution in [0.15, 0.2) is 18.5 Å². The second-order valence-electron chi connectivity index (χ2n) is 7.50. The summed E-state index contributed by atoms with van der Waals surface area (Å²) in [5, 5.41) is 14.0. The van der Waals surface area contributed by atoms with Crippen LogP contribution in [0.1, 0.15) is 51.4 Å². The Labute approximate surface area is 150 Å². The van der Waals surface area contributed by atoms with Gasteiger partial charge in [0.1, 0.15) is 5.54 Å². The van der Waals surface area contributed by atoms with Crippen molar-refractivity contribution < 1.29 is 4.79 Å². The molecule has 6 nitrogen and oxygen atoms in total. The van der Waals surface area contributed by atoms with Gasteiger partial charge in [-0.15, -0.1) is 0 Å². The topological polar surface area (TPSA) is 65.2 Å². The molecule has 1 aromatic heterocycles. The number of nitriles is 1. The van der Waals surface area contributed by atoms with E-state index in [0.29, 0.717) is 12.6 Å². The SMILES string of the molecule is CN(C(=O)CN1CCCC[C@@H]1Cn1cccn1)C1(C#N)CCCCC1. The number of nitrogens with zero attached hydrogens (tertiary/aromatic N) is 5. The van der Waals surface area contributed by atoms with E-state index in [1.54, 1.807) is 11.1 Å². The summed E-state index contributed by atoms with van der Waals surface area (Å²) >= 11 is 0. The molecule has 6 heteroatoms. The van der Waals surface area contributed by atoms with Crippen LogP contribution in [-0.4, -0.2) is 57.2 Å². The van der Waals surface area contributed by atoms with E-state index in [4.69, 9.17) is 0 Å². The lowest BCUT2D eigenvalue weighted by Crippen LogP contribution is -2.54. The lowest BCUT2D eigenvalue weighted by Gasteiger charge is -2.41. The van der Waals surface area contributed by atoms with Crippen molar-refractivity contribution in [1.82, 2.24) is 19.6 Å². The first-order valence-electron chi connectivity index (χ1n) is 9.54. The van der Waals surface area contributed by atoms with Gasteiger partial charge < -0.3 is 4.90 Å². The molecule has 2 fully saturated rings. The number of amides is 1. The molecule has 1 saturated carbocycles. The van der Waals surface area contributed by atoms with Crippen LogP contribution in [0.2, 0.25) is 0 Å². The molecule has 0 aromatic carbocycles. The predicted octanol–water partition coefficient (Wildman–Crippen LogP) is 2.42. The highest BCUT2D eigenvalue weighted by Gasteiger charge is 2.39. The number of likely N-dealkylation sites (N-methyl/N-ethyl adjacent to an activating group) is 1. The average molecular weight is 343 g/mol. The van der Waals surface area contributed by atoms with Crippen molar-refractivity contribution in [3.8, 4) is 6.07 Å². The number of likely N-dealkylation sites (tertiary alicyclic amines) is 1. The lowest BCUT2D eigenvalue weighted by molar-refractivity contribution is -0.137. The standard InChI is InChI=1S/C19H29N5O/c1-22(19(16-20)9-4-2-5-10-19)18(25)15-23-12-6-3-8-17(23)14-24-13-7-11-21-24/h7,11,13,17H,2-6,8-10,12,14-15H2,1H3/t17-/m1/s1. The zero-order valence-electron chi connectivity index (χ0n) is 15.2. The summed E-state index contributed by atoms with van der Waals surface area (Å²) in [6.07, 6.45) is 12.1. The van der Waals surface area contributed by atoms with Crippen LogP contribution in [0.4, 0.5) is 0 Å². The van der Waals surface area contributed by atoms with Gasteiger partial charge in [0.2, 0.25) is 5.91 Å². The van der Waals surface area contributed by atoms with Gasteiger partial charge in [-0.25, -0.2) is 0 Å². The fraction of sp³-hybridized carbons (Fsp3) is 0.737. The molecule has 0 spiro atoms. The van der Waals surface area contributed by atoms with Gasteiger partial charge >= 0.3 is 0 Å². The summed E-state index contributed by atoms with van der Waals surface area (Å²) < 4.78 is 1.95. The van der Waals surface area contributed by atoms with E-state index in [1.807, 2.05) is 24.0 Å². The summed E-state index contributed by atoms with van der Waals surface area (Å²) in [6, 6.07) is 4.73. The molecular formula is C19H29N5O. The second kappa shape index (κ2) is 8.01. The van der Waals surface area contributed by atoms with E-state index < -0.39 is 5.54 Å². The van der Waals surface area contributed by atoms with E-state index in [9.17, 15) is 10.1 Å². The Kier molecular flexibility index (Phi) is 5.74. The van der Waals surface area contributed by atoms with Gasteiger partial charge in [-0.1, -0.05) is 25.7 Å². The molecule has 1 saturated heterocycles. The summed E-state index contributed by atoms with van der Waals surface area (Å²) in [6.45, 7) is 2.18. The van der Waals surface area contributed by atoms with Gasteiger partial charge in [0.15, 0.2) is 0 Å². The molecule has 25 heavy (non-hydrogen) atoms. The third-order valence-electron chi connectivity index (χ3n) is 5.95. The van der Waals surface area contributed by atoms with Crippen LogP contribution in [-0.2, 0) is 11.3 Å². The highest BCUT2D eigenvalue weighted by molar-refractivity contribution is 5.79. The Balaban J connectivity index is 1.64. The summed E-state index contributed by atoms with van der Waals surface area (Å²) in [5.41, 5.74) is -0.595. The van der Waals surface area contributed by atoms with Crippen molar-refractivity contribution in [1.29, 1.82) is 5.26 Å². The molecule has 0 unspecified atom stereocenters. The Morgan fingerprint density at radius 1 is 1.32 bits per heavy atom. The van der Waals surface area contributed by atoms with E-state index in [2.05, 4.69) is 16.1 Å². The highest BCUT2D eigenvalue weighted by Crippen LogP contribution is 2.32. The van der Waals surface area contributed by atoms with E-state index >= 15 is 0 Å². The van der Waals surface area contributed by atoms with Gasteiger partial charge in [-0.05, 0) is 38.3 Å². The van der Waals surface area contributed by atoms with Gasteiger partial charge in [-0.2, -0.15) is 10.4 Å². The maximum absolute atomic E-state index is 12.9. The van der Waals surface area contributed by atoms with Crippen LogP contribution in [0.25, 0.3) is 0 Å². The maximum Gasteiger partial charge on any atom is 0.237 e. The normalized spacial score (nSPS) is 23.8. The van der Waals surface area contributed by atoms with Crippen molar-refractivity contribution >= 4 is 5.91 Å². The molecule has 3 rings (SSSR count). The van der Waals surface area contributed by atoms with Crippen molar-refractivity contribution in [3.05, 3.63) is 18.5 Å². The van der Waals surface area contributed by atoms with E-state index in [0.717, 1.165) is 51.6 Å². The third kappa shape index (κ3) is 4.04. The number of hydrogen-bond donors (Lipinski definition) is 0. The molecule has 0 bridgehead atoms. The van der Waals surface area contributed by atoms with Crippen LogP contribution < -0.4 is 0 Å². The molecule has 2 aliphatic rings. The van der Waals surface area contributed by atoms with Crippen LogP contribution in [0.3, 0.4) is 0 Å². The number of hydrogen-bond acceptors (Lipinski definition) is 4. The summed E-state index contributed by atoms with van der Waals surface area (Å²) in [4.78, 5) is 17.0. The smallest absolute Gasteiger partial charge is 0.237 e. The fourth-order valence-electron chi connectivity index (χ4n) is 4.28. The van der Waals surface area contributed by atoms with Gasteiger partial charge in [0.25, 0.3) is 0 Å². The minimum absolute atomic E-state index is 0.0795. The molecule has 1 aromatic rings. The van der Waals surface area contributed by atoms with Gasteiger partial charge in [0, 0.05) is 25.5 Å². The second-order valence-corrected chi connectivity index (χ2v) is 7.50. The number of carbonyl (C=O) groups is 1. The zero-order valence-corrected chi connectivity index (χ0v) is 15.2. The largest absolute Gasteiger partial charge is 0.326 e. The molecule has 0 N–H and O–H groups in total. The first-order chi connectivity index (χ1) is 12.1. The first-order valence-corrected chi connectivity index (χ1v) is 9.54. The maximum atomic E-state index is 12.9. The molecule has 2 heterocycles. The summed E-state index contributed by atoms with van der Waals surface area (Å²) in [7, 11) is 1.82. The van der Waals surface area contributed by atoms with Crippen molar-refractivity contribution in [3.63, 3.8) is 0 Å². The van der Waals surface area contributed by atoms with Crippen molar-refractivity contribution in [2.75, 3.05) is 20.1 Å². The third-order valence-corrected chi connectivity index (χ3v) is 5.95. The Hall–Kier alpha value is -1.87. The van der Waals surface area contributed by atoms with Crippen LogP contribution in [0.5, 0.6) is 0 Å². The number of piperidine rings is 1. The van der Waals surface area contributed by atoms with Gasteiger partial charge in [-0.3, -0.25) is 14.4 Å². The monoisotopic (exact) mass is 343 g/mol. The summed E-state index contributed by atoms with van der Waals surface area (Å²) in [5.74, 6) is 0.0795. The first kappa shape index (κ1) is 17.9. The minimum atomic E-state index is -0.595. The lowest BCUT2D eigenvalue weighted by atomic mass is 9.81. The van der Waals surface area contributed by atoms with Crippen molar-refractivity contribution in [2.45, 2.75) is 69.5 Å². The molecular weight excluding hydrogens is 314 g/mol. The number of aromatic nitrogens is 2. The van der Waals surface area contributed by atoms with Crippen molar-refractivity contribution in [2.24, 2.45) is 0 Å². The van der Waals surface area contributed by atoms with Gasteiger partial charge in [0.05, 0.1) is 19.2 Å². The predicted molar refractivity (Wildman–Crippen MR) is 95.6 cm³/mol. The van der Waals surface area contributed by atoms with Crippen LogP contribution >= 0.6 is 0 Å². The Bertz CT molecular complexity index is 600. The minimum Gasteiger partial charge on any atom is -0.326 e. The molecule has 1 aliphatic heterocycles. The molecule has 1 atom stereocenters. The average Bonchev–Trinajstić information content (AvgIpc) is 3.16. The van der Waals surface area contributed by atoms with E-state index in [-0.39, 0.29) is 5.91 Å². The number of carbonyl (C=O) groups excluding carboxylic acids is 1. The molecule has 0 radical (unpaired) electrons. The zero-order chi connectivity index (χ0) is 17.7. The molecule has 136 valence electrons. The Morgan fingerprint density at radius 2 is 2.12 bits per heavy atom. The fourth-order valence-corrected chi connectivity index (χ4v) is 4.28. The van der Waals surface area contributed by atoms with Crippen LogP contribution in [0, 0.1) is 11.3 Å².